The summed E-state index contributed by atoms with van der Waals surface area (Å²) >= 11 is 0.766. The quantitative estimate of drug-likeness (QED) is 0.791. The molecule has 0 unspecified atom stereocenters. The highest BCUT2D eigenvalue weighted by atomic mass is 32.2. The number of imide groups is 1. The monoisotopic (exact) mass is 331 g/mol. The van der Waals surface area contributed by atoms with Crippen molar-refractivity contribution in [1.82, 2.24) is 4.90 Å². The summed E-state index contributed by atoms with van der Waals surface area (Å²) in [4.78, 5) is 25.6. The third-order valence-corrected chi connectivity index (χ3v) is 4.23. The highest BCUT2D eigenvalue weighted by Gasteiger charge is 2.35. The Bertz CT molecular complexity index is 802. The van der Waals surface area contributed by atoms with Gasteiger partial charge in [0.05, 0.1) is 11.4 Å². The zero-order valence-corrected chi connectivity index (χ0v) is 12.6. The summed E-state index contributed by atoms with van der Waals surface area (Å²) in [6, 6.07) is 11.6. The zero-order valence-electron chi connectivity index (χ0n) is 11.8. The van der Waals surface area contributed by atoms with Crippen LogP contribution in [0.25, 0.3) is 6.08 Å². The molecule has 0 bridgehead atoms. The highest BCUT2D eigenvalue weighted by Crippen LogP contribution is 2.33. The largest absolute Gasteiger partial charge is 0.293 e. The molecular formula is C17H11F2NO2S. The molecule has 2 aromatic rings. The van der Waals surface area contributed by atoms with Crippen LogP contribution in [0.2, 0.25) is 0 Å². The van der Waals surface area contributed by atoms with Gasteiger partial charge in [-0.2, -0.15) is 0 Å². The van der Waals surface area contributed by atoms with Crippen molar-refractivity contribution in [3.63, 3.8) is 0 Å². The third-order valence-electron chi connectivity index (χ3n) is 3.32. The van der Waals surface area contributed by atoms with Gasteiger partial charge in [0.1, 0.15) is 11.6 Å². The number of hydrogen-bond donors (Lipinski definition) is 0. The number of carbonyl (C=O) groups is 2. The molecule has 0 saturated carbocycles. The van der Waals surface area contributed by atoms with Crippen molar-refractivity contribution in [2.24, 2.45) is 0 Å². The first-order valence-corrected chi connectivity index (χ1v) is 7.60. The summed E-state index contributed by atoms with van der Waals surface area (Å²) in [5.41, 5.74) is 0.889. The van der Waals surface area contributed by atoms with Crippen molar-refractivity contribution in [1.29, 1.82) is 0 Å². The van der Waals surface area contributed by atoms with E-state index in [9.17, 15) is 18.4 Å². The molecule has 1 saturated heterocycles. The molecule has 23 heavy (non-hydrogen) atoms. The molecule has 0 radical (unpaired) electrons. The molecule has 116 valence electrons. The van der Waals surface area contributed by atoms with E-state index in [0.29, 0.717) is 5.56 Å². The second-order valence-corrected chi connectivity index (χ2v) is 5.91. The topological polar surface area (TPSA) is 37.4 Å². The smallest absolute Gasteiger partial charge is 0.268 e. The fraction of sp³-hybridized carbons (Fsp3) is 0.0588. The standard InChI is InChI=1S/C17H11F2NO2S/c18-13-7-5-11(6-8-13)10-20-16(21)15(23-17(20)22)9-12-3-1-2-4-14(12)19/h1-9H,10H2. The molecule has 0 atom stereocenters. The first-order valence-electron chi connectivity index (χ1n) is 6.79. The van der Waals surface area contributed by atoms with Crippen LogP contribution >= 0.6 is 11.8 Å². The van der Waals surface area contributed by atoms with Gasteiger partial charge in [-0.25, -0.2) is 8.78 Å². The Morgan fingerprint density at radius 1 is 1.00 bits per heavy atom. The summed E-state index contributed by atoms with van der Waals surface area (Å²) in [6.07, 6.45) is 1.37. The lowest BCUT2D eigenvalue weighted by Crippen LogP contribution is -2.27. The second-order valence-electron chi connectivity index (χ2n) is 4.92. The van der Waals surface area contributed by atoms with Crippen LogP contribution in [0.3, 0.4) is 0 Å². The van der Waals surface area contributed by atoms with Gasteiger partial charge in [-0.3, -0.25) is 14.5 Å². The number of benzene rings is 2. The lowest BCUT2D eigenvalue weighted by molar-refractivity contribution is -0.123. The molecule has 3 nitrogen and oxygen atoms in total. The Labute approximate surface area is 135 Å². The number of halogens is 2. The van der Waals surface area contributed by atoms with E-state index in [1.165, 1.54) is 42.5 Å². The van der Waals surface area contributed by atoms with Crippen LogP contribution in [0.15, 0.2) is 53.4 Å². The summed E-state index contributed by atoms with van der Waals surface area (Å²) in [7, 11) is 0. The number of rotatable bonds is 3. The van der Waals surface area contributed by atoms with E-state index in [1.54, 1.807) is 12.1 Å². The maximum atomic E-state index is 13.6. The molecule has 0 N–H and O–H groups in total. The van der Waals surface area contributed by atoms with Crippen molar-refractivity contribution < 1.29 is 18.4 Å². The van der Waals surface area contributed by atoms with Gasteiger partial charge < -0.3 is 0 Å². The van der Waals surface area contributed by atoms with E-state index in [0.717, 1.165) is 16.7 Å². The Hall–Kier alpha value is -2.47. The number of thioether (sulfide) groups is 1. The first kappa shape index (κ1) is 15.4. The van der Waals surface area contributed by atoms with Crippen molar-refractivity contribution in [2.75, 3.05) is 0 Å². The van der Waals surface area contributed by atoms with Gasteiger partial charge >= 0.3 is 0 Å². The maximum Gasteiger partial charge on any atom is 0.293 e. The van der Waals surface area contributed by atoms with Gasteiger partial charge in [0.25, 0.3) is 11.1 Å². The molecule has 6 heteroatoms. The fourth-order valence-corrected chi connectivity index (χ4v) is 2.97. The first-order chi connectivity index (χ1) is 11.0. The van der Waals surface area contributed by atoms with Gasteiger partial charge in [-0.05, 0) is 41.6 Å². The molecule has 1 aliphatic rings. The predicted molar refractivity (Wildman–Crippen MR) is 84.3 cm³/mol. The van der Waals surface area contributed by atoms with E-state index in [4.69, 9.17) is 0 Å². The van der Waals surface area contributed by atoms with Gasteiger partial charge in [0.15, 0.2) is 0 Å². The van der Waals surface area contributed by atoms with Gasteiger partial charge in [-0.15, -0.1) is 0 Å². The molecule has 1 heterocycles. The Kier molecular flexibility index (Phi) is 4.25. The molecule has 3 rings (SSSR count). The predicted octanol–water partition coefficient (Wildman–Crippen LogP) is 4.20. The Morgan fingerprint density at radius 3 is 2.39 bits per heavy atom. The van der Waals surface area contributed by atoms with Crippen molar-refractivity contribution >= 4 is 29.0 Å². The van der Waals surface area contributed by atoms with E-state index >= 15 is 0 Å². The summed E-state index contributed by atoms with van der Waals surface area (Å²) in [5, 5.41) is -0.429. The van der Waals surface area contributed by atoms with E-state index < -0.39 is 17.0 Å². The highest BCUT2D eigenvalue weighted by molar-refractivity contribution is 8.18. The SMILES string of the molecule is O=C1SC(=Cc2ccccc2F)C(=O)N1Cc1ccc(F)cc1. The minimum Gasteiger partial charge on any atom is -0.268 e. The molecule has 1 aliphatic heterocycles. The lowest BCUT2D eigenvalue weighted by Gasteiger charge is -2.12. The minimum atomic E-state index is -0.479. The van der Waals surface area contributed by atoms with Crippen LogP contribution in [0, 0.1) is 11.6 Å². The minimum absolute atomic E-state index is 0.0551. The molecule has 1 fully saturated rings. The van der Waals surface area contributed by atoms with Crippen LogP contribution in [0.5, 0.6) is 0 Å². The van der Waals surface area contributed by atoms with Crippen LogP contribution in [0.4, 0.5) is 13.6 Å². The third kappa shape index (κ3) is 3.32. The zero-order chi connectivity index (χ0) is 16.4. The van der Waals surface area contributed by atoms with Crippen LogP contribution in [0.1, 0.15) is 11.1 Å². The van der Waals surface area contributed by atoms with Crippen LogP contribution in [-0.4, -0.2) is 16.0 Å². The molecule has 2 amide bonds. The fourth-order valence-electron chi connectivity index (χ4n) is 2.14. The van der Waals surface area contributed by atoms with Crippen molar-refractivity contribution in [3.8, 4) is 0 Å². The van der Waals surface area contributed by atoms with Crippen LogP contribution in [-0.2, 0) is 11.3 Å². The summed E-state index contributed by atoms with van der Waals surface area (Å²) < 4.78 is 26.5. The van der Waals surface area contributed by atoms with Gasteiger partial charge in [0, 0.05) is 5.56 Å². The summed E-state index contributed by atoms with van der Waals surface area (Å²) in [6.45, 7) is 0.0551. The van der Waals surface area contributed by atoms with Gasteiger partial charge in [-0.1, -0.05) is 30.3 Å². The normalized spacial score (nSPS) is 16.4. The molecule has 0 aliphatic carbocycles. The lowest BCUT2D eigenvalue weighted by atomic mass is 10.2. The number of nitrogens with zero attached hydrogens (tertiary/aromatic N) is 1. The van der Waals surface area contributed by atoms with E-state index in [-0.39, 0.29) is 22.8 Å². The molecule has 0 aromatic heterocycles. The number of hydrogen-bond acceptors (Lipinski definition) is 3. The number of carbonyl (C=O) groups excluding carboxylic acids is 2. The second kappa shape index (κ2) is 6.34. The molecular weight excluding hydrogens is 320 g/mol. The average molecular weight is 331 g/mol. The van der Waals surface area contributed by atoms with Crippen LogP contribution < -0.4 is 0 Å². The maximum absolute atomic E-state index is 13.6. The number of amides is 2. The van der Waals surface area contributed by atoms with E-state index in [1.807, 2.05) is 0 Å². The average Bonchev–Trinajstić information content (AvgIpc) is 2.79. The molecule has 0 spiro atoms. The van der Waals surface area contributed by atoms with E-state index in [2.05, 4.69) is 0 Å². The van der Waals surface area contributed by atoms with Gasteiger partial charge in [0.2, 0.25) is 0 Å². The Balaban J connectivity index is 1.82. The van der Waals surface area contributed by atoms with Crippen molar-refractivity contribution in [3.05, 3.63) is 76.2 Å². The van der Waals surface area contributed by atoms with Crippen molar-refractivity contribution in [2.45, 2.75) is 6.54 Å². The Morgan fingerprint density at radius 2 is 1.70 bits per heavy atom. The molecule has 2 aromatic carbocycles. The summed E-state index contributed by atoms with van der Waals surface area (Å²) in [5.74, 6) is -1.33.